The molecule has 0 radical (unpaired) electrons. The molecule has 2 amide bonds. The van der Waals surface area contributed by atoms with Crippen molar-refractivity contribution in [2.75, 3.05) is 6.54 Å². The Morgan fingerprint density at radius 3 is 2.63 bits per heavy atom. The Kier molecular flexibility index (Phi) is 5.79. The summed E-state index contributed by atoms with van der Waals surface area (Å²) >= 11 is 0. The van der Waals surface area contributed by atoms with E-state index < -0.39 is 5.91 Å². The Bertz CT molecular complexity index is 1000. The third-order valence-corrected chi connectivity index (χ3v) is 3.98. The van der Waals surface area contributed by atoms with Crippen LogP contribution in [0, 0.1) is 6.92 Å². The van der Waals surface area contributed by atoms with E-state index in [-0.39, 0.29) is 12.5 Å². The van der Waals surface area contributed by atoms with Crippen LogP contribution in [0.2, 0.25) is 0 Å². The van der Waals surface area contributed by atoms with Gasteiger partial charge in [-0.2, -0.15) is 5.10 Å². The van der Waals surface area contributed by atoms with Gasteiger partial charge in [-0.25, -0.2) is 5.43 Å². The van der Waals surface area contributed by atoms with Gasteiger partial charge in [0.25, 0.3) is 5.91 Å². The molecule has 136 valence electrons. The van der Waals surface area contributed by atoms with Gasteiger partial charge in [-0.05, 0) is 24.6 Å². The van der Waals surface area contributed by atoms with Gasteiger partial charge in [-0.3, -0.25) is 9.59 Å². The predicted octanol–water partition coefficient (Wildman–Crippen LogP) is 2.76. The van der Waals surface area contributed by atoms with E-state index in [1.807, 2.05) is 61.5 Å². The first kappa shape index (κ1) is 18.1. The second kappa shape index (κ2) is 8.62. The van der Waals surface area contributed by atoms with Crippen LogP contribution in [-0.2, 0) is 9.59 Å². The van der Waals surface area contributed by atoms with Crippen molar-refractivity contribution in [1.29, 1.82) is 0 Å². The molecule has 0 saturated heterocycles. The van der Waals surface area contributed by atoms with E-state index in [4.69, 9.17) is 0 Å². The number of carbonyl (C=O) groups excluding carboxylic acids is 2. The molecule has 0 spiro atoms. The molecule has 3 N–H and O–H groups in total. The molecule has 0 fully saturated rings. The van der Waals surface area contributed by atoms with Crippen molar-refractivity contribution in [2.24, 2.45) is 5.10 Å². The summed E-state index contributed by atoms with van der Waals surface area (Å²) in [5, 5.41) is 7.54. The van der Waals surface area contributed by atoms with Crippen LogP contribution in [0.25, 0.3) is 17.0 Å². The van der Waals surface area contributed by atoms with Crippen LogP contribution in [0.15, 0.2) is 65.8 Å². The lowest BCUT2D eigenvalue weighted by Crippen LogP contribution is -2.34. The number of benzene rings is 2. The summed E-state index contributed by atoms with van der Waals surface area (Å²) in [4.78, 5) is 26.8. The van der Waals surface area contributed by atoms with Crippen LogP contribution in [0.4, 0.5) is 0 Å². The fraction of sp³-hybridized carbons (Fsp3) is 0.0952. The number of H-pyrrole nitrogens is 1. The second-order valence-corrected chi connectivity index (χ2v) is 5.96. The number of hydrogen-bond donors (Lipinski definition) is 3. The molecule has 1 heterocycles. The van der Waals surface area contributed by atoms with E-state index in [9.17, 15) is 9.59 Å². The Morgan fingerprint density at radius 1 is 1.07 bits per heavy atom. The molecule has 0 bridgehead atoms. The Hall–Kier alpha value is -3.67. The highest BCUT2D eigenvalue weighted by molar-refractivity contribution is 6.01. The highest BCUT2D eigenvalue weighted by Gasteiger charge is 2.06. The number of para-hydroxylation sites is 1. The minimum atomic E-state index is -0.398. The van der Waals surface area contributed by atoms with Gasteiger partial charge < -0.3 is 10.3 Å². The minimum Gasteiger partial charge on any atom is -0.358 e. The maximum Gasteiger partial charge on any atom is 0.259 e. The highest BCUT2D eigenvalue weighted by atomic mass is 16.2. The van der Waals surface area contributed by atoms with Crippen molar-refractivity contribution in [1.82, 2.24) is 15.7 Å². The molecule has 0 aliphatic rings. The van der Waals surface area contributed by atoms with Gasteiger partial charge in [-0.15, -0.1) is 0 Å². The molecular weight excluding hydrogens is 340 g/mol. The van der Waals surface area contributed by atoms with Crippen LogP contribution >= 0.6 is 0 Å². The smallest absolute Gasteiger partial charge is 0.259 e. The molecule has 1 aromatic heterocycles. The van der Waals surface area contributed by atoms with Gasteiger partial charge in [0, 0.05) is 28.2 Å². The van der Waals surface area contributed by atoms with Crippen LogP contribution < -0.4 is 10.7 Å². The zero-order valence-electron chi connectivity index (χ0n) is 14.9. The molecule has 3 rings (SSSR count). The summed E-state index contributed by atoms with van der Waals surface area (Å²) in [5.41, 5.74) is 6.23. The van der Waals surface area contributed by atoms with Gasteiger partial charge in [-0.1, -0.05) is 48.5 Å². The number of rotatable bonds is 6. The van der Waals surface area contributed by atoms with E-state index in [2.05, 4.69) is 20.8 Å². The van der Waals surface area contributed by atoms with E-state index >= 15 is 0 Å². The Labute approximate surface area is 157 Å². The van der Waals surface area contributed by atoms with Crippen molar-refractivity contribution in [2.45, 2.75) is 6.92 Å². The number of aromatic nitrogens is 1. The SMILES string of the molecule is Cc1[nH]c2ccccc2c1/C=N\NC(=O)CNC(=O)/C=C/c1ccccc1. The van der Waals surface area contributed by atoms with Crippen LogP contribution in [0.1, 0.15) is 16.8 Å². The van der Waals surface area contributed by atoms with E-state index in [0.717, 1.165) is 27.7 Å². The van der Waals surface area contributed by atoms with Crippen LogP contribution in [-0.4, -0.2) is 29.6 Å². The number of hydrazone groups is 1. The summed E-state index contributed by atoms with van der Waals surface area (Å²) in [6.07, 6.45) is 4.68. The maximum atomic E-state index is 11.8. The third-order valence-electron chi connectivity index (χ3n) is 3.98. The molecule has 6 heteroatoms. The van der Waals surface area contributed by atoms with Crippen molar-refractivity contribution in [3.8, 4) is 0 Å². The summed E-state index contributed by atoms with van der Waals surface area (Å²) in [6, 6.07) is 17.3. The second-order valence-electron chi connectivity index (χ2n) is 5.96. The summed E-state index contributed by atoms with van der Waals surface area (Å²) in [7, 11) is 0. The van der Waals surface area contributed by atoms with Gasteiger partial charge >= 0.3 is 0 Å². The monoisotopic (exact) mass is 360 g/mol. The first-order chi connectivity index (χ1) is 13.1. The zero-order chi connectivity index (χ0) is 19.1. The molecule has 0 atom stereocenters. The standard InChI is InChI=1S/C21H20N4O2/c1-15-18(17-9-5-6-10-19(17)24-15)13-23-25-21(27)14-22-20(26)12-11-16-7-3-2-4-8-16/h2-13,24H,14H2,1H3,(H,22,26)(H,25,27)/b12-11+,23-13-. The number of amides is 2. The first-order valence-electron chi connectivity index (χ1n) is 8.53. The fourth-order valence-electron chi connectivity index (χ4n) is 2.64. The Balaban J connectivity index is 1.49. The van der Waals surface area contributed by atoms with Crippen molar-refractivity contribution in [3.05, 3.63) is 77.5 Å². The highest BCUT2D eigenvalue weighted by Crippen LogP contribution is 2.19. The number of carbonyl (C=O) groups is 2. The summed E-state index contributed by atoms with van der Waals surface area (Å²) in [5.74, 6) is -0.740. The predicted molar refractivity (Wildman–Crippen MR) is 107 cm³/mol. The maximum absolute atomic E-state index is 11.8. The molecule has 27 heavy (non-hydrogen) atoms. The normalized spacial score (nSPS) is 11.3. The Morgan fingerprint density at radius 2 is 1.81 bits per heavy atom. The van der Waals surface area contributed by atoms with Gasteiger partial charge in [0.15, 0.2) is 0 Å². The van der Waals surface area contributed by atoms with E-state index in [0.29, 0.717) is 0 Å². The molecule has 3 aromatic rings. The van der Waals surface area contributed by atoms with Gasteiger partial charge in [0.2, 0.25) is 5.91 Å². The van der Waals surface area contributed by atoms with Crippen molar-refractivity contribution in [3.63, 3.8) is 0 Å². The number of fused-ring (bicyclic) bond motifs is 1. The lowest BCUT2D eigenvalue weighted by atomic mass is 10.1. The molecule has 6 nitrogen and oxygen atoms in total. The molecule has 0 aliphatic heterocycles. The van der Waals surface area contributed by atoms with Crippen LogP contribution in [0.3, 0.4) is 0 Å². The average Bonchev–Trinajstić information content (AvgIpc) is 3.01. The largest absolute Gasteiger partial charge is 0.358 e. The topological polar surface area (TPSA) is 86.3 Å². The minimum absolute atomic E-state index is 0.151. The van der Waals surface area contributed by atoms with Crippen LogP contribution in [0.5, 0.6) is 0 Å². The number of aryl methyl sites for hydroxylation is 1. The first-order valence-corrected chi connectivity index (χ1v) is 8.53. The molecule has 0 unspecified atom stereocenters. The lowest BCUT2D eigenvalue weighted by Gasteiger charge is -2.01. The number of hydrogen-bond acceptors (Lipinski definition) is 3. The number of aromatic amines is 1. The molecular formula is C21H20N4O2. The van der Waals surface area contributed by atoms with Gasteiger partial charge in [0.05, 0.1) is 12.8 Å². The summed E-state index contributed by atoms with van der Waals surface area (Å²) < 4.78 is 0. The summed E-state index contributed by atoms with van der Waals surface area (Å²) in [6.45, 7) is 1.80. The van der Waals surface area contributed by atoms with E-state index in [1.165, 1.54) is 6.08 Å². The van der Waals surface area contributed by atoms with Gasteiger partial charge in [0.1, 0.15) is 0 Å². The molecule has 0 saturated carbocycles. The molecule has 2 aromatic carbocycles. The van der Waals surface area contributed by atoms with Crippen molar-refractivity contribution < 1.29 is 9.59 Å². The number of nitrogens with zero attached hydrogens (tertiary/aromatic N) is 1. The quantitative estimate of drug-likeness (QED) is 0.359. The average molecular weight is 360 g/mol. The lowest BCUT2D eigenvalue weighted by molar-refractivity contribution is -0.123. The third kappa shape index (κ3) is 4.92. The zero-order valence-corrected chi connectivity index (χ0v) is 14.9. The molecule has 0 aliphatic carbocycles. The number of nitrogens with one attached hydrogen (secondary N) is 3. The van der Waals surface area contributed by atoms with Crippen molar-refractivity contribution >= 4 is 35.0 Å². The van der Waals surface area contributed by atoms with E-state index in [1.54, 1.807) is 12.3 Å². The fourth-order valence-corrected chi connectivity index (χ4v) is 2.64.